The number of carboxylic acids is 1. The number of benzene rings is 1. The minimum Gasteiger partial charge on any atom is -0.480 e. The lowest BCUT2D eigenvalue weighted by Crippen LogP contribution is -2.46. The molecule has 2 amide bonds. The number of aliphatic carboxylic acids is 1. The number of amides is 2. The highest BCUT2D eigenvalue weighted by molar-refractivity contribution is 6.30. The monoisotopic (exact) mass is 392 g/mol. The van der Waals surface area contributed by atoms with Gasteiger partial charge < -0.3 is 15.7 Å². The van der Waals surface area contributed by atoms with Gasteiger partial charge in [0.15, 0.2) is 0 Å². The molecule has 0 unspecified atom stereocenters. The summed E-state index contributed by atoms with van der Waals surface area (Å²) in [5, 5.41) is 18.6. The first kappa shape index (κ1) is 20.4. The number of rotatable bonds is 8. The summed E-state index contributed by atoms with van der Waals surface area (Å²) in [6.45, 7) is 3.39. The van der Waals surface area contributed by atoms with Crippen LogP contribution in [0, 0.1) is 5.92 Å². The highest BCUT2D eigenvalue weighted by Gasteiger charge is 2.21. The first-order valence-electron chi connectivity index (χ1n) is 8.37. The Morgan fingerprint density at radius 3 is 2.67 bits per heavy atom. The van der Waals surface area contributed by atoms with Crippen LogP contribution in [0.3, 0.4) is 0 Å². The average Bonchev–Trinajstić information content (AvgIpc) is 3.09. The molecule has 2 aromatic rings. The second-order valence-electron chi connectivity index (χ2n) is 6.42. The second kappa shape index (κ2) is 9.18. The van der Waals surface area contributed by atoms with E-state index in [0.29, 0.717) is 17.1 Å². The van der Waals surface area contributed by atoms with E-state index in [0.717, 1.165) is 0 Å². The molecule has 27 heavy (non-hydrogen) atoms. The average molecular weight is 393 g/mol. The van der Waals surface area contributed by atoms with Gasteiger partial charge in [-0.1, -0.05) is 31.5 Å². The fourth-order valence-electron chi connectivity index (χ4n) is 2.40. The Kier molecular flexibility index (Phi) is 6.95. The van der Waals surface area contributed by atoms with Crippen LogP contribution in [0.25, 0.3) is 5.69 Å². The number of hydrogen-bond acceptors (Lipinski definition) is 4. The normalized spacial score (nSPS) is 11.9. The zero-order valence-electron chi connectivity index (χ0n) is 15.0. The number of nitrogens with one attached hydrogen (secondary N) is 2. The Balaban J connectivity index is 1.92. The van der Waals surface area contributed by atoms with Gasteiger partial charge >= 0.3 is 5.97 Å². The van der Waals surface area contributed by atoms with Crippen molar-refractivity contribution in [2.75, 3.05) is 6.54 Å². The van der Waals surface area contributed by atoms with Crippen LogP contribution in [0.1, 0.15) is 30.6 Å². The molecule has 8 nitrogen and oxygen atoms in total. The van der Waals surface area contributed by atoms with Crippen LogP contribution in [0.15, 0.2) is 36.7 Å². The van der Waals surface area contributed by atoms with E-state index in [1.165, 1.54) is 17.1 Å². The van der Waals surface area contributed by atoms with Gasteiger partial charge in [0.2, 0.25) is 5.91 Å². The van der Waals surface area contributed by atoms with Gasteiger partial charge in [0.1, 0.15) is 6.04 Å². The maximum Gasteiger partial charge on any atom is 0.326 e. The summed E-state index contributed by atoms with van der Waals surface area (Å²) in [5.74, 6) is -2.06. The first-order chi connectivity index (χ1) is 12.8. The minimum atomic E-state index is -1.11. The van der Waals surface area contributed by atoms with Crippen LogP contribution in [-0.2, 0) is 9.59 Å². The molecule has 0 saturated carbocycles. The van der Waals surface area contributed by atoms with Crippen molar-refractivity contribution >= 4 is 29.4 Å². The van der Waals surface area contributed by atoms with E-state index in [-0.39, 0.29) is 18.0 Å². The Morgan fingerprint density at radius 2 is 2.04 bits per heavy atom. The molecular formula is C18H21ClN4O4. The van der Waals surface area contributed by atoms with Gasteiger partial charge in [-0.15, -0.1) is 0 Å². The van der Waals surface area contributed by atoms with E-state index in [4.69, 9.17) is 16.7 Å². The van der Waals surface area contributed by atoms with E-state index in [1.54, 1.807) is 24.3 Å². The van der Waals surface area contributed by atoms with Crippen molar-refractivity contribution in [3.8, 4) is 5.69 Å². The van der Waals surface area contributed by atoms with E-state index < -0.39 is 23.8 Å². The SMILES string of the molecule is CC(C)C[C@H](NC(=O)CNC(=O)c1cnn(-c2cccc(Cl)c2)c1)C(=O)O. The van der Waals surface area contributed by atoms with Crippen molar-refractivity contribution < 1.29 is 19.5 Å². The van der Waals surface area contributed by atoms with Crippen LogP contribution in [-0.4, -0.2) is 45.3 Å². The third-order valence-electron chi connectivity index (χ3n) is 3.67. The third kappa shape index (κ3) is 6.10. The van der Waals surface area contributed by atoms with Gasteiger partial charge in [-0.25, -0.2) is 9.48 Å². The van der Waals surface area contributed by atoms with Gasteiger partial charge in [0, 0.05) is 11.2 Å². The van der Waals surface area contributed by atoms with E-state index in [2.05, 4.69) is 15.7 Å². The largest absolute Gasteiger partial charge is 0.480 e. The number of aromatic nitrogens is 2. The summed E-state index contributed by atoms with van der Waals surface area (Å²) < 4.78 is 1.49. The first-order valence-corrected chi connectivity index (χ1v) is 8.75. The summed E-state index contributed by atoms with van der Waals surface area (Å²) in [6, 6.07) is 5.99. The number of carboxylic acid groups (broad SMARTS) is 1. The molecule has 1 aromatic carbocycles. The van der Waals surface area contributed by atoms with Gasteiger partial charge in [0.25, 0.3) is 5.91 Å². The Hall–Kier alpha value is -2.87. The van der Waals surface area contributed by atoms with Crippen molar-refractivity contribution in [1.29, 1.82) is 0 Å². The molecule has 2 rings (SSSR count). The lowest BCUT2D eigenvalue weighted by Gasteiger charge is -2.16. The van der Waals surface area contributed by atoms with Crippen LogP contribution in [0.5, 0.6) is 0 Å². The molecule has 0 aliphatic rings. The zero-order valence-corrected chi connectivity index (χ0v) is 15.7. The Morgan fingerprint density at radius 1 is 1.30 bits per heavy atom. The fourth-order valence-corrected chi connectivity index (χ4v) is 2.59. The fraction of sp³-hybridized carbons (Fsp3) is 0.333. The minimum absolute atomic E-state index is 0.110. The second-order valence-corrected chi connectivity index (χ2v) is 6.86. The Bertz CT molecular complexity index is 834. The van der Waals surface area contributed by atoms with Crippen molar-refractivity contribution in [3.63, 3.8) is 0 Å². The standard InChI is InChI=1S/C18H21ClN4O4/c1-11(2)6-15(18(26)27)22-16(24)9-20-17(25)12-8-21-23(10-12)14-5-3-4-13(19)7-14/h3-5,7-8,10-11,15H,6,9H2,1-2H3,(H,20,25)(H,22,24)(H,26,27)/t15-/m0/s1. The predicted molar refractivity (Wildman–Crippen MR) is 99.9 cm³/mol. The molecule has 3 N–H and O–H groups in total. The topological polar surface area (TPSA) is 113 Å². The molecule has 1 aromatic heterocycles. The molecule has 144 valence electrons. The molecule has 0 aliphatic carbocycles. The molecule has 9 heteroatoms. The summed E-state index contributed by atoms with van der Waals surface area (Å²) in [7, 11) is 0. The van der Waals surface area contributed by atoms with Gasteiger partial charge in [0.05, 0.1) is 24.0 Å². The number of carbonyl (C=O) groups excluding carboxylic acids is 2. The number of nitrogens with zero attached hydrogens (tertiary/aromatic N) is 2. The predicted octanol–water partition coefficient (Wildman–Crippen LogP) is 1.87. The molecule has 0 aliphatic heterocycles. The smallest absolute Gasteiger partial charge is 0.326 e. The van der Waals surface area contributed by atoms with Crippen LogP contribution in [0.4, 0.5) is 0 Å². The van der Waals surface area contributed by atoms with Crippen LogP contribution >= 0.6 is 11.6 Å². The lowest BCUT2D eigenvalue weighted by molar-refractivity contribution is -0.142. The van der Waals surface area contributed by atoms with Crippen molar-refractivity contribution in [1.82, 2.24) is 20.4 Å². The van der Waals surface area contributed by atoms with Crippen molar-refractivity contribution in [2.24, 2.45) is 5.92 Å². The van der Waals surface area contributed by atoms with Gasteiger partial charge in [-0.3, -0.25) is 9.59 Å². The van der Waals surface area contributed by atoms with Gasteiger partial charge in [-0.2, -0.15) is 5.10 Å². The molecule has 1 heterocycles. The third-order valence-corrected chi connectivity index (χ3v) is 3.90. The van der Waals surface area contributed by atoms with Crippen molar-refractivity contribution in [3.05, 3.63) is 47.2 Å². The summed E-state index contributed by atoms with van der Waals surface area (Å²) in [4.78, 5) is 35.3. The van der Waals surface area contributed by atoms with E-state index in [9.17, 15) is 14.4 Å². The molecule has 0 saturated heterocycles. The molecule has 1 atom stereocenters. The maximum absolute atomic E-state index is 12.2. The van der Waals surface area contributed by atoms with Crippen molar-refractivity contribution in [2.45, 2.75) is 26.3 Å². The molecule has 0 fully saturated rings. The summed E-state index contributed by atoms with van der Waals surface area (Å²) in [6.07, 6.45) is 3.19. The zero-order chi connectivity index (χ0) is 20.0. The van der Waals surface area contributed by atoms with Crippen LogP contribution < -0.4 is 10.6 Å². The van der Waals surface area contributed by atoms with E-state index in [1.807, 2.05) is 13.8 Å². The molecule has 0 bridgehead atoms. The Labute approximate surface area is 161 Å². The number of hydrogen-bond donors (Lipinski definition) is 3. The van der Waals surface area contributed by atoms with Gasteiger partial charge in [-0.05, 0) is 30.5 Å². The molecular weight excluding hydrogens is 372 g/mol. The highest BCUT2D eigenvalue weighted by atomic mass is 35.5. The summed E-state index contributed by atoms with van der Waals surface area (Å²) >= 11 is 5.94. The number of halogens is 1. The molecule has 0 radical (unpaired) electrons. The maximum atomic E-state index is 12.2. The lowest BCUT2D eigenvalue weighted by atomic mass is 10.0. The number of carbonyl (C=O) groups is 3. The summed E-state index contributed by atoms with van der Waals surface area (Å²) in [5.41, 5.74) is 0.956. The molecule has 0 spiro atoms. The highest BCUT2D eigenvalue weighted by Crippen LogP contribution is 2.14. The van der Waals surface area contributed by atoms with E-state index >= 15 is 0 Å². The quantitative estimate of drug-likeness (QED) is 0.634. The van der Waals surface area contributed by atoms with Crippen LogP contribution in [0.2, 0.25) is 5.02 Å².